The molecule has 112 valence electrons. The number of nitrogens with zero attached hydrogens (tertiary/aromatic N) is 3. The molecule has 0 aliphatic heterocycles. The van der Waals surface area contributed by atoms with Crippen LogP contribution < -0.4 is 0 Å². The number of amides is 1. The normalized spacial score (nSPS) is 10.6. The van der Waals surface area contributed by atoms with Crippen LogP contribution >= 0.6 is 11.6 Å². The fraction of sp³-hybridized carbons (Fsp3) is 0.286. The molecular weight excluding hydrogens is 294 g/mol. The van der Waals surface area contributed by atoms with E-state index in [1.807, 2.05) is 6.07 Å². The van der Waals surface area contributed by atoms with Crippen LogP contribution in [0, 0.1) is 0 Å². The fourth-order valence-corrected chi connectivity index (χ4v) is 2.10. The zero-order chi connectivity index (χ0) is 15.2. The van der Waals surface area contributed by atoms with Gasteiger partial charge in [-0.15, -0.1) is 0 Å². The summed E-state index contributed by atoms with van der Waals surface area (Å²) >= 11 is 5.93. The van der Waals surface area contributed by atoms with Gasteiger partial charge in [-0.05, 0) is 24.3 Å². The highest BCUT2D eigenvalue weighted by Gasteiger charge is 2.17. The molecule has 21 heavy (non-hydrogen) atoms. The Morgan fingerprint density at radius 3 is 2.57 bits per heavy atom. The minimum absolute atomic E-state index is 0.156. The summed E-state index contributed by atoms with van der Waals surface area (Å²) in [5.41, 5.74) is 0.995. The molecule has 0 bridgehead atoms. The van der Waals surface area contributed by atoms with Gasteiger partial charge in [-0.2, -0.15) is 5.10 Å². The molecule has 0 aliphatic rings. The van der Waals surface area contributed by atoms with Crippen molar-refractivity contribution in [2.75, 3.05) is 26.3 Å². The summed E-state index contributed by atoms with van der Waals surface area (Å²) in [4.78, 5) is 13.6. The van der Waals surface area contributed by atoms with Crippen LogP contribution in [0.4, 0.5) is 0 Å². The quantitative estimate of drug-likeness (QED) is 0.833. The van der Waals surface area contributed by atoms with Crippen molar-refractivity contribution in [1.82, 2.24) is 14.7 Å². The number of halogens is 1. The lowest BCUT2D eigenvalue weighted by atomic mass is 10.3. The van der Waals surface area contributed by atoms with E-state index in [-0.39, 0.29) is 37.9 Å². The minimum atomic E-state index is -0.334. The molecule has 0 radical (unpaired) electrons. The van der Waals surface area contributed by atoms with Gasteiger partial charge in [0.2, 0.25) is 0 Å². The van der Waals surface area contributed by atoms with Crippen LogP contribution in [0.3, 0.4) is 0 Å². The molecule has 0 spiro atoms. The molecule has 0 atom stereocenters. The van der Waals surface area contributed by atoms with Crippen LogP contribution in [0.25, 0.3) is 5.69 Å². The molecule has 1 aromatic heterocycles. The molecule has 7 heteroatoms. The Morgan fingerprint density at radius 1 is 1.24 bits per heavy atom. The van der Waals surface area contributed by atoms with Gasteiger partial charge in [-0.1, -0.05) is 17.7 Å². The molecule has 0 saturated carbocycles. The maximum absolute atomic E-state index is 12.2. The third kappa shape index (κ3) is 3.81. The van der Waals surface area contributed by atoms with E-state index in [0.29, 0.717) is 5.02 Å². The summed E-state index contributed by atoms with van der Waals surface area (Å²) < 4.78 is 1.55. The Kier molecular flexibility index (Phi) is 5.32. The molecule has 2 N–H and O–H groups in total. The van der Waals surface area contributed by atoms with Crippen molar-refractivity contribution >= 4 is 17.5 Å². The summed E-state index contributed by atoms with van der Waals surface area (Å²) in [5, 5.41) is 22.7. The summed E-state index contributed by atoms with van der Waals surface area (Å²) in [6.07, 6.45) is 1.66. The van der Waals surface area contributed by atoms with Gasteiger partial charge in [0.15, 0.2) is 5.69 Å². The van der Waals surface area contributed by atoms with Crippen molar-refractivity contribution < 1.29 is 15.0 Å². The summed E-state index contributed by atoms with van der Waals surface area (Å²) in [7, 11) is 0. The number of aliphatic hydroxyl groups excluding tert-OH is 2. The van der Waals surface area contributed by atoms with Gasteiger partial charge in [-0.3, -0.25) is 4.79 Å². The maximum atomic E-state index is 12.2. The van der Waals surface area contributed by atoms with E-state index < -0.39 is 0 Å². The fourth-order valence-electron chi connectivity index (χ4n) is 1.92. The molecule has 6 nitrogen and oxygen atoms in total. The van der Waals surface area contributed by atoms with Gasteiger partial charge in [0, 0.05) is 24.3 Å². The molecule has 1 aromatic carbocycles. The largest absolute Gasteiger partial charge is 0.395 e. The number of hydrogen-bond acceptors (Lipinski definition) is 4. The molecule has 2 rings (SSSR count). The molecule has 0 unspecified atom stereocenters. The average molecular weight is 310 g/mol. The third-order valence-corrected chi connectivity index (χ3v) is 3.14. The van der Waals surface area contributed by atoms with Crippen molar-refractivity contribution in [3.8, 4) is 5.69 Å². The van der Waals surface area contributed by atoms with E-state index in [9.17, 15) is 4.79 Å². The Hall–Kier alpha value is -1.89. The zero-order valence-corrected chi connectivity index (χ0v) is 12.1. The first-order chi connectivity index (χ1) is 10.2. The highest BCUT2D eigenvalue weighted by molar-refractivity contribution is 6.30. The number of aromatic nitrogens is 2. The number of carbonyl (C=O) groups is 1. The van der Waals surface area contributed by atoms with E-state index in [1.54, 1.807) is 35.1 Å². The number of rotatable bonds is 6. The lowest BCUT2D eigenvalue weighted by Gasteiger charge is -2.19. The first-order valence-electron chi connectivity index (χ1n) is 6.48. The van der Waals surface area contributed by atoms with Crippen molar-refractivity contribution in [2.45, 2.75) is 0 Å². The standard InChI is InChI=1S/C14H16ClN3O3/c15-11-2-1-3-12(10-11)18-5-4-13(16-18)14(21)17(6-8-19)7-9-20/h1-5,10,19-20H,6-9H2. The van der Waals surface area contributed by atoms with Gasteiger partial charge in [-0.25, -0.2) is 4.68 Å². The van der Waals surface area contributed by atoms with Crippen LogP contribution in [0.15, 0.2) is 36.5 Å². The predicted octanol–water partition coefficient (Wildman–Crippen LogP) is 0.952. The smallest absolute Gasteiger partial charge is 0.274 e. The molecule has 0 aliphatic carbocycles. The first kappa shape index (κ1) is 15.5. The zero-order valence-electron chi connectivity index (χ0n) is 11.3. The topological polar surface area (TPSA) is 78.6 Å². The lowest BCUT2D eigenvalue weighted by Crippen LogP contribution is -2.36. The second kappa shape index (κ2) is 7.21. The van der Waals surface area contributed by atoms with E-state index >= 15 is 0 Å². The van der Waals surface area contributed by atoms with Crippen molar-refractivity contribution in [3.05, 3.63) is 47.2 Å². The predicted molar refractivity (Wildman–Crippen MR) is 78.6 cm³/mol. The molecule has 2 aromatic rings. The molecule has 0 saturated heterocycles. The monoisotopic (exact) mass is 309 g/mol. The van der Waals surface area contributed by atoms with Crippen LogP contribution in [-0.2, 0) is 0 Å². The molecule has 1 amide bonds. The van der Waals surface area contributed by atoms with Crippen LogP contribution in [0.5, 0.6) is 0 Å². The molecule has 1 heterocycles. The van der Waals surface area contributed by atoms with Gasteiger partial charge < -0.3 is 15.1 Å². The van der Waals surface area contributed by atoms with Gasteiger partial charge in [0.05, 0.1) is 18.9 Å². The van der Waals surface area contributed by atoms with Crippen molar-refractivity contribution in [1.29, 1.82) is 0 Å². The molecule has 0 fully saturated rings. The second-order valence-electron chi connectivity index (χ2n) is 4.36. The van der Waals surface area contributed by atoms with Crippen LogP contribution in [0.1, 0.15) is 10.5 Å². The second-order valence-corrected chi connectivity index (χ2v) is 4.80. The highest BCUT2D eigenvalue weighted by atomic mass is 35.5. The van der Waals surface area contributed by atoms with E-state index in [4.69, 9.17) is 21.8 Å². The molecular formula is C14H16ClN3O3. The number of carbonyl (C=O) groups excluding carboxylic acids is 1. The third-order valence-electron chi connectivity index (χ3n) is 2.91. The minimum Gasteiger partial charge on any atom is -0.395 e. The number of aliphatic hydroxyl groups is 2. The van der Waals surface area contributed by atoms with Gasteiger partial charge in [0.25, 0.3) is 5.91 Å². The van der Waals surface area contributed by atoms with E-state index in [2.05, 4.69) is 5.10 Å². The summed E-state index contributed by atoms with van der Waals surface area (Å²) in [6.45, 7) is -0.0195. The van der Waals surface area contributed by atoms with E-state index in [1.165, 1.54) is 4.90 Å². The lowest BCUT2D eigenvalue weighted by molar-refractivity contribution is 0.0678. The Bertz CT molecular complexity index is 609. The summed E-state index contributed by atoms with van der Waals surface area (Å²) in [6, 6.07) is 8.70. The Labute approximate surface area is 127 Å². The number of benzene rings is 1. The SMILES string of the molecule is O=C(c1ccn(-c2cccc(Cl)c2)n1)N(CCO)CCO. The van der Waals surface area contributed by atoms with Crippen molar-refractivity contribution in [3.63, 3.8) is 0 Å². The van der Waals surface area contributed by atoms with E-state index in [0.717, 1.165) is 5.69 Å². The maximum Gasteiger partial charge on any atom is 0.274 e. The van der Waals surface area contributed by atoms with Gasteiger partial charge >= 0.3 is 0 Å². The van der Waals surface area contributed by atoms with Crippen LogP contribution in [0.2, 0.25) is 5.02 Å². The highest BCUT2D eigenvalue weighted by Crippen LogP contribution is 2.14. The summed E-state index contributed by atoms with van der Waals surface area (Å²) in [5.74, 6) is -0.334. The van der Waals surface area contributed by atoms with Crippen molar-refractivity contribution in [2.24, 2.45) is 0 Å². The van der Waals surface area contributed by atoms with Gasteiger partial charge in [0.1, 0.15) is 0 Å². The first-order valence-corrected chi connectivity index (χ1v) is 6.86. The van der Waals surface area contributed by atoms with Crippen LogP contribution in [-0.4, -0.2) is 57.1 Å². The Balaban J connectivity index is 2.20. The average Bonchev–Trinajstić information content (AvgIpc) is 2.96. The Morgan fingerprint density at radius 2 is 1.95 bits per heavy atom. The number of hydrogen-bond donors (Lipinski definition) is 2.